The summed E-state index contributed by atoms with van der Waals surface area (Å²) in [5.41, 5.74) is 0. The molecule has 12 heavy (non-hydrogen) atoms. The molecule has 3 heteroatoms. The van der Waals surface area contributed by atoms with Crippen LogP contribution in [-0.4, -0.2) is 38.0 Å². The lowest BCUT2D eigenvalue weighted by molar-refractivity contribution is 0.109. The van der Waals surface area contributed by atoms with Crippen molar-refractivity contribution in [2.45, 2.75) is 38.0 Å². The molecule has 0 aromatic heterocycles. The molecule has 70 valence electrons. The van der Waals surface area contributed by atoms with Gasteiger partial charge in [-0.3, -0.25) is 0 Å². The van der Waals surface area contributed by atoms with Crippen LogP contribution in [0.4, 0.5) is 0 Å². The molecule has 2 aliphatic heterocycles. The van der Waals surface area contributed by atoms with Crippen LogP contribution in [0.25, 0.3) is 0 Å². The van der Waals surface area contributed by atoms with Crippen LogP contribution >= 0.6 is 0 Å². The summed E-state index contributed by atoms with van der Waals surface area (Å²) in [5.74, 6) is 0. The quantitative estimate of drug-likeness (QED) is 0.658. The molecule has 1 N–H and O–H groups in total. The molecule has 0 aromatic carbocycles. The van der Waals surface area contributed by atoms with Gasteiger partial charge in [0.05, 0.1) is 12.7 Å². The summed E-state index contributed by atoms with van der Waals surface area (Å²) >= 11 is 0. The minimum atomic E-state index is 0.380. The molecule has 2 heterocycles. The Kier molecular flexibility index (Phi) is 2.63. The molecule has 0 radical (unpaired) electrons. The van der Waals surface area contributed by atoms with Gasteiger partial charge >= 0.3 is 0 Å². The third-order valence-electron chi connectivity index (χ3n) is 2.76. The van der Waals surface area contributed by atoms with E-state index in [4.69, 9.17) is 9.47 Å². The van der Waals surface area contributed by atoms with E-state index in [9.17, 15) is 0 Å². The Labute approximate surface area is 73.4 Å². The Bertz CT molecular complexity index is 145. The summed E-state index contributed by atoms with van der Waals surface area (Å²) < 4.78 is 10.8. The predicted octanol–water partition coefficient (Wildman–Crippen LogP) is 0.542. The van der Waals surface area contributed by atoms with E-state index >= 15 is 0 Å². The lowest BCUT2D eigenvalue weighted by atomic mass is 10.1. The van der Waals surface area contributed by atoms with Gasteiger partial charge in [0.15, 0.2) is 0 Å². The van der Waals surface area contributed by atoms with Crippen LogP contribution in [0, 0.1) is 0 Å². The van der Waals surface area contributed by atoms with Crippen LogP contribution in [-0.2, 0) is 9.47 Å². The van der Waals surface area contributed by atoms with Gasteiger partial charge < -0.3 is 14.8 Å². The minimum Gasteiger partial charge on any atom is -0.380 e. The molecule has 3 atom stereocenters. The van der Waals surface area contributed by atoms with Crippen LogP contribution < -0.4 is 5.32 Å². The topological polar surface area (TPSA) is 30.5 Å². The van der Waals surface area contributed by atoms with Gasteiger partial charge in [0.1, 0.15) is 0 Å². The zero-order valence-corrected chi connectivity index (χ0v) is 7.58. The van der Waals surface area contributed by atoms with E-state index in [1.165, 1.54) is 0 Å². The highest BCUT2D eigenvalue weighted by molar-refractivity contribution is 4.84. The van der Waals surface area contributed by atoms with Gasteiger partial charge in [0, 0.05) is 25.3 Å². The number of hydrogen-bond donors (Lipinski definition) is 1. The second-order valence-electron chi connectivity index (χ2n) is 3.70. The first kappa shape index (κ1) is 8.48. The third-order valence-corrected chi connectivity index (χ3v) is 2.76. The molecule has 2 saturated heterocycles. The zero-order valence-electron chi connectivity index (χ0n) is 7.58. The van der Waals surface area contributed by atoms with E-state index in [2.05, 4.69) is 12.2 Å². The van der Waals surface area contributed by atoms with E-state index in [0.717, 1.165) is 32.7 Å². The van der Waals surface area contributed by atoms with Crippen molar-refractivity contribution in [3.8, 4) is 0 Å². The molecule has 0 aliphatic carbocycles. The molecular weight excluding hydrogens is 154 g/mol. The average molecular weight is 171 g/mol. The largest absolute Gasteiger partial charge is 0.380 e. The van der Waals surface area contributed by atoms with Crippen molar-refractivity contribution >= 4 is 0 Å². The van der Waals surface area contributed by atoms with Crippen LogP contribution in [0.2, 0.25) is 0 Å². The smallest absolute Gasteiger partial charge is 0.0700 e. The molecule has 0 bridgehead atoms. The Hall–Kier alpha value is -0.120. The highest BCUT2D eigenvalue weighted by Crippen LogP contribution is 2.15. The maximum Gasteiger partial charge on any atom is 0.0700 e. The normalized spacial score (nSPS) is 42.2. The number of hydrogen-bond acceptors (Lipinski definition) is 3. The second-order valence-corrected chi connectivity index (χ2v) is 3.70. The first-order valence-electron chi connectivity index (χ1n) is 4.81. The molecule has 2 rings (SSSR count). The minimum absolute atomic E-state index is 0.380. The van der Waals surface area contributed by atoms with Crippen molar-refractivity contribution in [3.63, 3.8) is 0 Å². The van der Waals surface area contributed by atoms with Crippen LogP contribution in [0.5, 0.6) is 0 Å². The fourth-order valence-corrected chi connectivity index (χ4v) is 1.92. The van der Waals surface area contributed by atoms with Gasteiger partial charge in [-0.1, -0.05) is 0 Å². The van der Waals surface area contributed by atoms with Gasteiger partial charge in [-0.05, 0) is 19.8 Å². The average Bonchev–Trinajstić information content (AvgIpc) is 2.65. The summed E-state index contributed by atoms with van der Waals surface area (Å²) in [6, 6.07) is 1.12. The Morgan fingerprint density at radius 2 is 2.17 bits per heavy atom. The van der Waals surface area contributed by atoms with Gasteiger partial charge in [0.2, 0.25) is 0 Å². The summed E-state index contributed by atoms with van der Waals surface area (Å²) in [6.45, 7) is 4.84. The van der Waals surface area contributed by atoms with E-state index in [1.54, 1.807) is 0 Å². The van der Waals surface area contributed by atoms with Gasteiger partial charge in [-0.2, -0.15) is 0 Å². The van der Waals surface area contributed by atoms with Crippen molar-refractivity contribution in [2.24, 2.45) is 0 Å². The molecule has 0 spiro atoms. The molecule has 2 fully saturated rings. The van der Waals surface area contributed by atoms with Crippen molar-refractivity contribution < 1.29 is 9.47 Å². The maximum atomic E-state index is 5.47. The highest BCUT2D eigenvalue weighted by Gasteiger charge is 2.27. The first-order valence-corrected chi connectivity index (χ1v) is 4.81. The van der Waals surface area contributed by atoms with Crippen molar-refractivity contribution in [2.75, 3.05) is 19.8 Å². The molecule has 3 unspecified atom stereocenters. The standard InChI is InChI=1S/C9H17NO2/c1-7-9(3-5-12-7)10-8-2-4-11-6-8/h7-10H,2-6H2,1H3. The Balaban J connectivity index is 1.77. The van der Waals surface area contributed by atoms with Crippen molar-refractivity contribution in [1.29, 1.82) is 0 Å². The molecule has 2 aliphatic rings. The summed E-state index contributed by atoms with van der Waals surface area (Å²) in [4.78, 5) is 0. The molecular formula is C9H17NO2. The summed E-state index contributed by atoms with van der Waals surface area (Å²) in [7, 11) is 0. The van der Waals surface area contributed by atoms with Crippen LogP contribution in [0.1, 0.15) is 19.8 Å². The van der Waals surface area contributed by atoms with Gasteiger partial charge in [0.25, 0.3) is 0 Å². The van der Waals surface area contributed by atoms with Crippen LogP contribution in [0.3, 0.4) is 0 Å². The van der Waals surface area contributed by atoms with E-state index < -0.39 is 0 Å². The molecule has 0 saturated carbocycles. The zero-order chi connectivity index (χ0) is 8.39. The Morgan fingerprint density at radius 1 is 1.25 bits per heavy atom. The maximum absolute atomic E-state index is 5.47. The molecule has 3 nitrogen and oxygen atoms in total. The van der Waals surface area contributed by atoms with E-state index in [1.807, 2.05) is 0 Å². The van der Waals surface area contributed by atoms with Crippen LogP contribution in [0.15, 0.2) is 0 Å². The van der Waals surface area contributed by atoms with E-state index in [-0.39, 0.29) is 0 Å². The fourth-order valence-electron chi connectivity index (χ4n) is 1.92. The predicted molar refractivity (Wildman–Crippen MR) is 46.2 cm³/mol. The van der Waals surface area contributed by atoms with Gasteiger partial charge in [-0.15, -0.1) is 0 Å². The lowest BCUT2D eigenvalue weighted by Crippen LogP contribution is -2.42. The van der Waals surface area contributed by atoms with E-state index in [0.29, 0.717) is 18.2 Å². The fraction of sp³-hybridized carbons (Fsp3) is 1.00. The number of ether oxygens (including phenoxy) is 2. The monoisotopic (exact) mass is 171 g/mol. The first-order chi connectivity index (χ1) is 5.86. The molecule has 0 aromatic rings. The SMILES string of the molecule is CC1OCCC1NC1CCOC1. The molecule has 0 amide bonds. The van der Waals surface area contributed by atoms with Gasteiger partial charge in [-0.25, -0.2) is 0 Å². The third kappa shape index (κ3) is 1.79. The summed E-state index contributed by atoms with van der Waals surface area (Å²) in [6.07, 6.45) is 2.69. The highest BCUT2D eigenvalue weighted by atomic mass is 16.5. The Morgan fingerprint density at radius 3 is 2.75 bits per heavy atom. The van der Waals surface area contributed by atoms with Crippen molar-refractivity contribution in [3.05, 3.63) is 0 Å². The number of rotatable bonds is 2. The number of nitrogens with one attached hydrogen (secondary N) is 1. The summed E-state index contributed by atoms with van der Waals surface area (Å²) in [5, 5.41) is 3.58. The lowest BCUT2D eigenvalue weighted by Gasteiger charge is -2.19. The second kappa shape index (κ2) is 3.73. The van der Waals surface area contributed by atoms with Crippen molar-refractivity contribution in [1.82, 2.24) is 5.32 Å².